The summed E-state index contributed by atoms with van der Waals surface area (Å²) >= 11 is 0. The van der Waals surface area contributed by atoms with Gasteiger partial charge in [0.05, 0.1) is 12.3 Å². The number of esters is 1. The Morgan fingerprint density at radius 1 is 1.18 bits per heavy atom. The normalized spacial score (nSPS) is 17.6. The van der Waals surface area contributed by atoms with Crippen molar-refractivity contribution in [2.24, 2.45) is 0 Å². The van der Waals surface area contributed by atoms with Gasteiger partial charge >= 0.3 is 5.97 Å². The highest BCUT2D eigenvalue weighted by atomic mass is 16.6. The molecule has 0 saturated carbocycles. The number of ether oxygens (including phenoxy) is 3. The number of benzene rings is 2. The van der Waals surface area contributed by atoms with Gasteiger partial charge in [-0.3, -0.25) is 9.59 Å². The first-order valence-electron chi connectivity index (χ1n) is 8.72. The quantitative estimate of drug-likeness (QED) is 0.585. The summed E-state index contributed by atoms with van der Waals surface area (Å²) in [7, 11) is 0. The van der Waals surface area contributed by atoms with Crippen molar-refractivity contribution in [3.63, 3.8) is 0 Å². The lowest BCUT2D eigenvalue weighted by Crippen LogP contribution is -2.55. The molecule has 1 unspecified atom stereocenters. The van der Waals surface area contributed by atoms with E-state index in [0.717, 1.165) is 0 Å². The second-order valence-electron chi connectivity index (χ2n) is 6.17. The van der Waals surface area contributed by atoms with E-state index in [1.165, 1.54) is 13.0 Å². The van der Waals surface area contributed by atoms with Gasteiger partial charge in [0.2, 0.25) is 0 Å². The summed E-state index contributed by atoms with van der Waals surface area (Å²) in [5.41, 5.74) is -0.977. The lowest BCUT2D eigenvalue weighted by atomic mass is 10.0. The van der Waals surface area contributed by atoms with Crippen LogP contribution >= 0.6 is 0 Å². The number of nitrogens with one attached hydrogen (secondary N) is 2. The summed E-state index contributed by atoms with van der Waals surface area (Å²) in [4.78, 5) is 36.5. The number of para-hydroxylation sites is 1. The zero-order valence-corrected chi connectivity index (χ0v) is 15.5. The van der Waals surface area contributed by atoms with Gasteiger partial charge in [-0.15, -0.1) is 0 Å². The van der Waals surface area contributed by atoms with Crippen molar-refractivity contribution in [3.8, 4) is 11.5 Å². The van der Waals surface area contributed by atoms with E-state index >= 15 is 0 Å². The molecule has 2 aromatic rings. The zero-order chi connectivity index (χ0) is 20.1. The van der Waals surface area contributed by atoms with E-state index < -0.39 is 17.5 Å². The van der Waals surface area contributed by atoms with Gasteiger partial charge in [-0.05, 0) is 38.1 Å². The van der Waals surface area contributed by atoms with Gasteiger partial charge in [-0.1, -0.05) is 18.2 Å². The third-order valence-corrected chi connectivity index (χ3v) is 4.04. The van der Waals surface area contributed by atoms with Crippen LogP contribution in [-0.2, 0) is 19.1 Å². The van der Waals surface area contributed by atoms with Gasteiger partial charge in [0, 0.05) is 11.8 Å². The van der Waals surface area contributed by atoms with Crippen molar-refractivity contribution >= 4 is 29.2 Å². The van der Waals surface area contributed by atoms with E-state index in [9.17, 15) is 14.4 Å². The number of rotatable bonds is 6. The fraction of sp³-hybridized carbons (Fsp3) is 0.250. The highest BCUT2D eigenvalue weighted by Gasteiger charge is 2.48. The van der Waals surface area contributed by atoms with Crippen molar-refractivity contribution in [1.29, 1.82) is 0 Å². The molecular weight excluding hydrogens is 364 g/mol. The van der Waals surface area contributed by atoms with E-state index in [-0.39, 0.29) is 24.9 Å². The predicted molar refractivity (Wildman–Crippen MR) is 101 cm³/mol. The van der Waals surface area contributed by atoms with Gasteiger partial charge in [-0.2, -0.15) is 0 Å². The molecule has 1 aliphatic heterocycles. The Morgan fingerprint density at radius 2 is 1.93 bits per heavy atom. The summed E-state index contributed by atoms with van der Waals surface area (Å²) in [6.45, 7) is 2.93. The van der Waals surface area contributed by atoms with E-state index in [0.29, 0.717) is 17.1 Å². The van der Waals surface area contributed by atoms with Gasteiger partial charge in [0.25, 0.3) is 17.4 Å². The SMILES string of the molecule is CCOC(=O)C1(C)Oc2cc(NC(=O)COc3ccccc3)ccc2NC1=O. The van der Waals surface area contributed by atoms with Crippen molar-refractivity contribution in [3.05, 3.63) is 48.5 Å². The molecule has 0 bridgehead atoms. The maximum absolute atomic E-state index is 12.3. The van der Waals surface area contributed by atoms with Crippen LogP contribution in [0.2, 0.25) is 0 Å². The molecule has 2 amide bonds. The Hall–Kier alpha value is -3.55. The molecule has 28 heavy (non-hydrogen) atoms. The fourth-order valence-electron chi connectivity index (χ4n) is 2.56. The van der Waals surface area contributed by atoms with Crippen molar-refractivity contribution in [2.45, 2.75) is 19.4 Å². The average Bonchev–Trinajstić information content (AvgIpc) is 2.68. The van der Waals surface area contributed by atoms with Crippen molar-refractivity contribution in [1.82, 2.24) is 0 Å². The van der Waals surface area contributed by atoms with Crippen molar-refractivity contribution in [2.75, 3.05) is 23.8 Å². The largest absolute Gasteiger partial charge is 0.484 e. The first kappa shape index (κ1) is 19.2. The van der Waals surface area contributed by atoms with E-state index in [2.05, 4.69) is 10.6 Å². The maximum Gasteiger partial charge on any atom is 0.360 e. The molecule has 3 rings (SSSR count). The van der Waals surface area contributed by atoms with Gasteiger partial charge < -0.3 is 24.8 Å². The lowest BCUT2D eigenvalue weighted by Gasteiger charge is -2.32. The number of amides is 2. The highest BCUT2D eigenvalue weighted by molar-refractivity contribution is 6.14. The Bertz CT molecular complexity index is 899. The summed E-state index contributed by atoms with van der Waals surface area (Å²) in [5, 5.41) is 5.30. The number of hydrogen-bond donors (Lipinski definition) is 2. The van der Waals surface area contributed by atoms with E-state index in [4.69, 9.17) is 14.2 Å². The number of fused-ring (bicyclic) bond motifs is 1. The molecule has 0 fully saturated rings. The van der Waals surface area contributed by atoms with E-state index in [1.54, 1.807) is 31.2 Å². The smallest absolute Gasteiger partial charge is 0.360 e. The Morgan fingerprint density at radius 3 is 2.64 bits per heavy atom. The molecule has 1 atom stereocenters. The molecule has 2 N–H and O–H groups in total. The van der Waals surface area contributed by atoms with Gasteiger partial charge in [0.1, 0.15) is 11.5 Å². The predicted octanol–water partition coefficient (Wildman–Crippen LogP) is 2.36. The average molecular weight is 384 g/mol. The summed E-state index contributed by atoms with van der Waals surface area (Å²) in [6.07, 6.45) is 0. The van der Waals surface area contributed by atoms with Crippen LogP contribution in [-0.4, -0.2) is 36.6 Å². The number of anilines is 2. The highest BCUT2D eigenvalue weighted by Crippen LogP contribution is 2.36. The molecule has 2 aromatic carbocycles. The molecule has 1 aliphatic rings. The second-order valence-corrected chi connectivity index (χ2v) is 6.17. The van der Waals surface area contributed by atoms with E-state index in [1.807, 2.05) is 18.2 Å². The maximum atomic E-state index is 12.3. The van der Waals surface area contributed by atoms with Crippen LogP contribution in [0.15, 0.2) is 48.5 Å². The minimum absolute atomic E-state index is 0.120. The molecule has 0 radical (unpaired) electrons. The number of hydrogen-bond acceptors (Lipinski definition) is 6. The summed E-state index contributed by atoms with van der Waals surface area (Å²) in [6, 6.07) is 13.7. The Balaban J connectivity index is 1.68. The van der Waals surface area contributed by atoms with Gasteiger partial charge in [0.15, 0.2) is 6.61 Å². The fourth-order valence-corrected chi connectivity index (χ4v) is 2.56. The number of carbonyl (C=O) groups is 3. The van der Waals surface area contributed by atoms with Crippen LogP contribution in [0, 0.1) is 0 Å². The molecule has 0 saturated heterocycles. The summed E-state index contributed by atoms with van der Waals surface area (Å²) in [5.74, 6) is -0.941. The van der Waals surface area contributed by atoms with Crippen molar-refractivity contribution < 1.29 is 28.6 Å². The molecular formula is C20H20N2O6. The third kappa shape index (κ3) is 4.06. The molecule has 0 spiro atoms. The molecule has 0 aliphatic carbocycles. The van der Waals surface area contributed by atoms with Crippen LogP contribution in [0.1, 0.15) is 13.8 Å². The van der Waals surface area contributed by atoms with Crippen LogP contribution in [0.5, 0.6) is 11.5 Å². The number of carbonyl (C=O) groups excluding carboxylic acids is 3. The molecule has 8 heteroatoms. The lowest BCUT2D eigenvalue weighted by molar-refractivity contribution is -0.165. The molecule has 1 heterocycles. The minimum atomic E-state index is -1.80. The monoisotopic (exact) mass is 384 g/mol. The zero-order valence-electron chi connectivity index (χ0n) is 15.5. The van der Waals surface area contributed by atoms with Crippen LogP contribution in [0.3, 0.4) is 0 Å². The van der Waals surface area contributed by atoms with Crippen LogP contribution < -0.4 is 20.1 Å². The molecule has 0 aromatic heterocycles. The standard InChI is InChI=1S/C20H20N2O6/c1-3-26-19(25)20(2)18(24)22-15-10-9-13(11-16(15)28-20)21-17(23)12-27-14-7-5-4-6-8-14/h4-11H,3,12H2,1-2H3,(H,21,23)(H,22,24). The summed E-state index contributed by atoms with van der Waals surface area (Å²) < 4.78 is 16.0. The third-order valence-electron chi connectivity index (χ3n) is 4.04. The first-order chi connectivity index (χ1) is 13.4. The first-order valence-corrected chi connectivity index (χ1v) is 8.72. The minimum Gasteiger partial charge on any atom is -0.484 e. The van der Waals surface area contributed by atoms with Gasteiger partial charge in [-0.25, -0.2) is 4.79 Å². The molecule has 8 nitrogen and oxygen atoms in total. The Labute approximate surface area is 161 Å². The topological polar surface area (TPSA) is 103 Å². The second kappa shape index (κ2) is 7.99. The Kier molecular flexibility index (Phi) is 5.49. The van der Waals surface area contributed by atoms with Crippen LogP contribution in [0.25, 0.3) is 0 Å². The van der Waals surface area contributed by atoms with Crippen LogP contribution in [0.4, 0.5) is 11.4 Å². The molecule has 146 valence electrons.